The first-order valence-electron chi connectivity index (χ1n) is 12.3. The summed E-state index contributed by atoms with van der Waals surface area (Å²) in [5.41, 5.74) is 3.54. The van der Waals surface area contributed by atoms with Crippen molar-refractivity contribution in [1.29, 1.82) is 0 Å². The number of imidazole rings is 1. The van der Waals surface area contributed by atoms with Crippen LogP contribution in [0.3, 0.4) is 0 Å². The number of hydrogen-bond donors (Lipinski definition) is 1. The number of nitrogens with zero attached hydrogens (tertiary/aromatic N) is 5. The van der Waals surface area contributed by atoms with E-state index in [1.807, 2.05) is 50.2 Å². The van der Waals surface area contributed by atoms with Crippen molar-refractivity contribution in [2.24, 2.45) is 7.05 Å². The third-order valence-corrected chi connectivity index (χ3v) is 6.99. The summed E-state index contributed by atoms with van der Waals surface area (Å²) in [6, 6.07) is 11.3. The van der Waals surface area contributed by atoms with Crippen LogP contribution < -0.4 is 15.3 Å². The second kappa shape index (κ2) is 10.2. The molecule has 1 aliphatic heterocycles. The summed E-state index contributed by atoms with van der Waals surface area (Å²) in [4.78, 5) is 23.9. The average Bonchev–Trinajstić information content (AvgIpc) is 3.43. The largest absolute Gasteiger partial charge is 0.465 e. The zero-order valence-electron chi connectivity index (χ0n) is 21.8. The van der Waals surface area contributed by atoms with Gasteiger partial charge in [-0.25, -0.2) is 14.8 Å². The predicted molar refractivity (Wildman–Crippen MR) is 147 cm³/mol. The number of aromatic nitrogens is 4. The molecule has 1 fully saturated rings. The molecule has 38 heavy (non-hydrogen) atoms. The van der Waals surface area contributed by atoms with Crippen LogP contribution in [-0.4, -0.2) is 56.8 Å². The van der Waals surface area contributed by atoms with Gasteiger partial charge in [0.05, 0.1) is 16.3 Å². The van der Waals surface area contributed by atoms with E-state index in [-0.39, 0.29) is 12.5 Å². The third-order valence-electron chi connectivity index (χ3n) is 6.68. The van der Waals surface area contributed by atoms with Crippen molar-refractivity contribution >= 4 is 17.4 Å². The van der Waals surface area contributed by atoms with Gasteiger partial charge in [-0.15, -0.1) is 0 Å². The van der Waals surface area contributed by atoms with Crippen LogP contribution in [-0.2, 0) is 11.8 Å². The van der Waals surface area contributed by atoms with Crippen molar-refractivity contribution in [3.63, 3.8) is 0 Å². The Morgan fingerprint density at radius 3 is 2.63 bits per heavy atom. The molecule has 0 radical (unpaired) electrons. The molecule has 0 amide bonds. The Bertz CT molecular complexity index is 1540. The maximum absolute atomic E-state index is 12.5. The SMILES string of the molecule is COCOc1c(-c2ccc(-n3ccn(C)c3=O)c(Cl)c2)cc(C)nc1-c1ccnc(N2CC[C@](C)(O)C2)c1. The van der Waals surface area contributed by atoms with Crippen LogP contribution >= 0.6 is 11.6 Å². The van der Waals surface area contributed by atoms with Crippen molar-refractivity contribution in [3.8, 4) is 33.8 Å². The number of aliphatic hydroxyl groups is 1. The number of hydrogen-bond acceptors (Lipinski definition) is 7. The molecule has 4 aromatic rings. The molecule has 9 nitrogen and oxygen atoms in total. The summed E-state index contributed by atoms with van der Waals surface area (Å²) in [5.74, 6) is 1.31. The van der Waals surface area contributed by atoms with E-state index in [0.717, 1.165) is 34.7 Å². The zero-order valence-corrected chi connectivity index (χ0v) is 22.6. The van der Waals surface area contributed by atoms with Crippen molar-refractivity contribution in [1.82, 2.24) is 19.1 Å². The Hall–Kier alpha value is -3.66. The number of benzene rings is 1. The summed E-state index contributed by atoms with van der Waals surface area (Å²) in [6.45, 7) is 5.03. The molecule has 1 aromatic carbocycles. The number of methoxy groups -OCH3 is 1. The third kappa shape index (κ3) is 5.05. The van der Waals surface area contributed by atoms with Gasteiger partial charge in [0.25, 0.3) is 0 Å². The highest BCUT2D eigenvalue weighted by Crippen LogP contribution is 2.41. The van der Waals surface area contributed by atoms with Crippen molar-refractivity contribution in [2.45, 2.75) is 25.9 Å². The number of rotatable bonds is 7. The number of halogens is 1. The summed E-state index contributed by atoms with van der Waals surface area (Å²) in [5, 5.41) is 10.9. The minimum atomic E-state index is -0.741. The second-order valence-electron chi connectivity index (χ2n) is 9.84. The summed E-state index contributed by atoms with van der Waals surface area (Å²) < 4.78 is 14.3. The van der Waals surface area contributed by atoms with E-state index >= 15 is 0 Å². The molecule has 4 heterocycles. The van der Waals surface area contributed by atoms with Gasteiger partial charge in [0, 0.05) is 62.7 Å². The molecule has 1 saturated heterocycles. The predicted octanol–water partition coefficient (Wildman–Crippen LogP) is 4.21. The Balaban J connectivity index is 1.60. The van der Waals surface area contributed by atoms with Crippen LogP contribution in [0.4, 0.5) is 5.82 Å². The molecule has 1 aliphatic rings. The van der Waals surface area contributed by atoms with E-state index in [2.05, 4.69) is 9.88 Å². The maximum Gasteiger partial charge on any atom is 0.332 e. The molecule has 198 valence electrons. The molecule has 0 aliphatic carbocycles. The summed E-state index contributed by atoms with van der Waals surface area (Å²) in [6.07, 6.45) is 5.80. The Morgan fingerprint density at radius 2 is 1.97 bits per heavy atom. The van der Waals surface area contributed by atoms with Gasteiger partial charge in [-0.05, 0) is 56.2 Å². The Labute approximate surface area is 225 Å². The molecular weight excluding hydrogens is 506 g/mol. The number of ether oxygens (including phenoxy) is 2. The van der Waals surface area contributed by atoms with E-state index in [4.69, 9.17) is 26.1 Å². The first-order chi connectivity index (χ1) is 18.2. The quantitative estimate of drug-likeness (QED) is 0.354. The van der Waals surface area contributed by atoms with Crippen LogP contribution in [0.25, 0.3) is 28.1 Å². The summed E-state index contributed by atoms with van der Waals surface area (Å²) in [7, 11) is 3.26. The normalized spacial score (nSPS) is 17.3. The van der Waals surface area contributed by atoms with Crippen LogP contribution in [0.1, 0.15) is 19.0 Å². The monoisotopic (exact) mass is 535 g/mol. The number of aryl methyl sites for hydroxylation is 2. The average molecular weight is 536 g/mol. The molecule has 5 rings (SSSR count). The molecule has 10 heteroatoms. The Morgan fingerprint density at radius 1 is 1.16 bits per heavy atom. The fourth-order valence-corrected chi connectivity index (χ4v) is 5.00. The zero-order chi connectivity index (χ0) is 27.0. The maximum atomic E-state index is 12.5. The molecule has 0 saturated carbocycles. The lowest BCUT2D eigenvalue weighted by Gasteiger charge is -2.21. The highest BCUT2D eigenvalue weighted by Gasteiger charge is 2.32. The van der Waals surface area contributed by atoms with Crippen LogP contribution in [0.5, 0.6) is 5.75 Å². The van der Waals surface area contributed by atoms with Gasteiger partial charge >= 0.3 is 5.69 Å². The summed E-state index contributed by atoms with van der Waals surface area (Å²) >= 11 is 6.68. The van der Waals surface area contributed by atoms with Crippen LogP contribution in [0.15, 0.2) is 59.8 Å². The lowest BCUT2D eigenvalue weighted by Crippen LogP contribution is -2.29. The van der Waals surface area contributed by atoms with Gasteiger partial charge < -0.3 is 24.0 Å². The molecular formula is C28H30ClN5O4. The smallest absolute Gasteiger partial charge is 0.332 e. The fourth-order valence-electron chi connectivity index (χ4n) is 4.73. The fraction of sp³-hybridized carbons (Fsp3) is 0.321. The standard InChI is InChI=1S/C28H30ClN5O4/c1-18-13-21(19-5-6-23(22(29)14-19)34-12-11-32(3)27(34)35)26(38-17-37-4)25(31-18)20-7-9-30-24(15-20)33-10-8-28(2,36)16-33/h5-7,9,11-15,36H,8,10,16-17H2,1-4H3/t28-/m0/s1. The lowest BCUT2D eigenvalue weighted by molar-refractivity contribution is 0.0517. The van der Waals surface area contributed by atoms with E-state index in [1.54, 1.807) is 32.7 Å². The van der Waals surface area contributed by atoms with Gasteiger partial charge in [-0.1, -0.05) is 17.7 Å². The van der Waals surface area contributed by atoms with Crippen LogP contribution in [0, 0.1) is 6.92 Å². The minimum Gasteiger partial charge on any atom is -0.465 e. The lowest BCUT2D eigenvalue weighted by atomic mass is 10.0. The van der Waals surface area contributed by atoms with E-state index in [0.29, 0.717) is 35.1 Å². The van der Waals surface area contributed by atoms with E-state index in [9.17, 15) is 9.90 Å². The van der Waals surface area contributed by atoms with Crippen molar-refractivity contribution in [2.75, 3.05) is 31.9 Å². The van der Waals surface area contributed by atoms with Gasteiger partial charge in [-0.2, -0.15) is 0 Å². The minimum absolute atomic E-state index is 0.0307. The van der Waals surface area contributed by atoms with Crippen molar-refractivity contribution < 1.29 is 14.6 Å². The van der Waals surface area contributed by atoms with E-state index < -0.39 is 5.60 Å². The molecule has 0 bridgehead atoms. The highest BCUT2D eigenvalue weighted by atomic mass is 35.5. The van der Waals surface area contributed by atoms with Crippen molar-refractivity contribution in [3.05, 3.63) is 76.2 Å². The number of β-amino-alcohol motifs (C(OH)–C–C–N with tert-alkyl or cyclic N) is 1. The molecule has 3 aromatic heterocycles. The molecule has 0 unspecified atom stereocenters. The van der Waals surface area contributed by atoms with Gasteiger partial charge in [0.2, 0.25) is 0 Å². The topological polar surface area (TPSA) is 94.6 Å². The Kier molecular flexibility index (Phi) is 7.00. The van der Waals surface area contributed by atoms with Gasteiger partial charge in [-0.3, -0.25) is 4.57 Å². The second-order valence-corrected chi connectivity index (χ2v) is 10.2. The molecule has 0 spiro atoms. The highest BCUT2D eigenvalue weighted by molar-refractivity contribution is 6.32. The first-order valence-corrected chi connectivity index (χ1v) is 12.7. The number of pyridine rings is 2. The molecule has 1 N–H and O–H groups in total. The first kappa shape index (κ1) is 26.0. The van der Waals surface area contributed by atoms with Crippen LogP contribution in [0.2, 0.25) is 5.02 Å². The van der Waals surface area contributed by atoms with Gasteiger partial charge in [0.1, 0.15) is 11.5 Å². The van der Waals surface area contributed by atoms with Gasteiger partial charge in [0.15, 0.2) is 12.5 Å². The van der Waals surface area contributed by atoms with E-state index in [1.165, 1.54) is 9.13 Å². The number of anilines is 1. The molecule has 1 atom stereocenters.